The molecule has 0 bridgehead atoms. The van der Waals surface area contributed by atoms with Crippen LogP contribution >= 0.6 is 0 Å². The summed E-state index contributed by atoms with van der Waals surface area (Å²) in [6.45, 7) is 2.11. The lowest BCUT2D eigenvalue weighted by molar-refractivity contribution is 0.0691. The van der Waals surface area contributed by atoms with Crippen molar-refractivity contribution in [3.63, 3.8) is 0 Å². The van der Waals surface area contributed by atoms with Crippen LogP contribution in [0.15, 0.2) is 24.3 Å². The monoisotopic (exact) mass is 234 g/mol. The van der Waals surface area contributed by atoms with Crippen molar-refractivity contribution < 1.29 is 14.7 Å². The van der Waals surface area contributed by atoms with E-state index in [1.807, 2.05) is 0 Å². The normalized spacial score (nSPS) is 10.2. The van der Waals surface area contributed by atoms with Crippen molar-refractivity contribution in [2.24, 2.45) is 0 Å². The first-order valence-corrected chi connectivity index (χ1v) is 6.02. The second kappa shape index (κ2) is 6.84. The van der Waals surface area contributed by atoms with Gasteiger partial charge in [0.05, 0.1) is 5.56 Å². The second-order valence-corrected chi connectivity index (χ2v) is 4.08. The van der Waals surface area contributed by atoms with E-state index in [2.05, 4.69) is 6.92 Å². The standard InChI is InChI=1S/C14H18O3/c1-2-3-4-5-10-13(15)11-8-6-7-9-12(11)14(16)17/h6-9H,2-5,10H2,1H3,(H,16,17). The van der Waals surface area contributed by atoms with Gasteiger partial charge in [-0.1, -0.05) is 44.4 Å². The van der Waals surface area contributed by atoms with Crippen molar-refractivity contribution in [2.75, 3.05) is 0 Å². The molecule has 0 amide bonds. The van der Waals surface area contributed by atoms with Gasteiger partial charge in [-0.2, -0.15) is 0 Å². The highest BCUT2D eigenvalue weighted by Gasteiger charge is 2.14. The summed E-state index contributed by atoms with van der Waals surface area (Å²) in [6.07, 6.45) is 4.54. The number of benzene rings is 1. The number of hydrogen-bond donors (Lipinski definition) is 1. The fourth-order valence-corrected chi connectivity index (χ4v) is 1.76. The van der Waals surface area contributed by atoms with E-state index in [9.17, 15) is 9.59 Å². The van der Waals surface area contributed by atoms with Crippen molar-refractivity contribution in [1.29, 1.82) is 0 Å². The molecule has 0 aliphatic carbocycles. The van der Waals surface area contributed by atoms with Crippen molar-refractivity contribution in [1.82, 2.24) is 0 Å². The van der Waals surface area contributed by atoms with Gasteiger partial charge in [0, 0.05) is 12.0 Å². The molecule has 1 aromatic carbocycles. The van der Waals surface area contributed by atoms with E-state index < -0.39 is 5.97 Å². The Balaban J connectivity index is 2.65. The van der Waals surface area contributed by atoms with E-state index >= 15 is 0 Å². The van der Waals surface area contributed by atoms with Gasteiger partial charge < -0.3 is 5.11 Å². The Bertz CT molecular complexity index is 396. The molecule has 0 fully saturated rings. The van der Waals surface area contributed by atoms with Gasteiger partial charge in [0.2, 0.25) is 0 Å². The molecule has 92 valence electrons. The van der Waals surface area contributed by atoms with Gasteiger partial charge in [0.1, 0.15) is 0 Å². The van der Waals surface area contributed by atoms with Gasteiger partial charge in [-0.25, -0.2) is 4.79 Å². The van der Waals surface area contributed by atoms with Crippen LogP contribution in [0.25, 0.3) is 0 Å². The second-order valence-electron chi connectivity index (χ2n) is 4.08. The first-order valence-electron chi connectivity index (χ1n) is 6.02. The Morgan fingerprint density at radius 1 is 1.06 bits per heavy atom. The summed E-state index contributed by atoms with van der Waals surface area (Å²) in [5.41, 5.74) is 0.435. The van der Waals surface area contributed by atoms with Crippen LogP contribution in [-0.4, -0.2) is 16.9 Å². The van der Waals surface area contributed by atoms with Gasteiger partial charge >= 0.3 is 5.97 Å². The number of hydrogen-bond acceptors (Lipinski definition) is 2. The molecule has 0 saturated heterocycles. The molecule has 0 unspecified atom stereocenters. The lowest BCUT2D eigenvalue weighted by Gasteiger charge is -2.04. The fourth-order valence-electron chi connectivity index (χ4n) is 1.76. The maximum Gasteiger partial charge on any atom is 0.336 e. The third-order valence-electron chi connectivity index (χ3n) is 2.72. The Kier molecular flexibility index (Phi) is 5.40. The van der Waals surface area contributed by atoms with Crippen LogP contribution in [0.1, 0.15) is 59.7 Å². The highest BCUT2D eigenvalue weighted by atomic mass is 16.4. The van der Waals surface area contributed by atoms with Crippen LogP contribution < -0.4 is 0 Å². The number of carbonyl (C=O) groups excluding carboxylic acids is 1. The lowest BCUT2D eigenvalue weighted by Crippen LogP contribution is -2.08. The van der Waals surface area contributed by atoms with Crippen LogP contribution in [0.2, 0.25) is 0 Å². The van der Waals surface area contributed by atoms with Gasteiger partial charge in [-0.05, 0) is 12.5 Å². The first-order chi connectivity index (χ1) is 8.16. The zero-order valence-electron chi connectivity index (χ0n) is 10.1. The number of carboxylic acid groups (broad SMARTS) is 1. The summed E-state index contributed by atoms with van der Waals surface area (Å²) in [4.78, 5) is 22.8. The van der Waals surface area contributed by atoms with Crippen molar-refractivity contribution in [3.8, 4) is 0 Å². The Hall–Kier alpha value is -1.64. The summed E-state index contributed by atoms with van der Waals surface area (Å²) in [7, 11) is 0. The van der Waals surface area contributed by atoms with E-state index in [1.54, 1.807) is 18.2 Å². The third-order valence-corrected chi connectivity index (χ3v) is 2.72. The average molecular weight is 234 g/mol. The minimum Gasteiger partial charge on any atom is -0.478 e. The van der Waals surface area contributed by atoms with Gasteiger partial charge in [0.25, 0.3) is 0 Å². The van der Waals surface area contributed by atoms with Crippen molar-refractivity contribution in [3.05, 3.63) is 35.4 Å². The molecular weight excluding hydrogens is 216 g/mol. The number of Topliss-reactive ketones (excluding diaryl/α,β-unsaturated/α-hetero) is 1. The van der Waals surface area contributed by atoms with E-state index in [0.29, 0.717) is 12.0 Å². The van der Waals surface area contributed by atoms with Crippen LogP contribution in [-0.2, 0) is 0 Å². The molecule has 3 heteroatoms. The van der Waals surface area contributed by atoms with Crippen molar-refractivity contribution in [2.45, 2.75) is 39.0 Å². The number of rotatable bonds is 7. The molecule has 1 N–H and O–H groups in total. The van der Waals surface area contributed by atoms with E-state index in [4.69, 9.17) is 5.11 Å². The summed E-state index contributed by atoms with van der Waals surface area (Å²) in [5.74, 6) is -1.11. The molecular formula is C14H18O3. The Morgan fingerprint density at radius 2 is 1.71 bits per heavy atom. The number of unbranched alkanes of at least 4 members (excludes halogenated alkanes) is 3. The van der Waals surface area contributed by atoms with Crippen LogP contribution in [0, 0.1) is 0 Å². The van der Waals surface area contributed by atoms with Crippen LogP contribution in [0.3, 0.4) is 0 Å². The van der Waals surface area contributed by atoms with E-state index in [0.717, 1.165) is 25.7 Å². The molecule has 0 aromatic heterocycles. The molecule has 0 spiro atoms. The summed E-state index contributed by atoms with van der Waals surface area (Å²) < 4.78 is 0. The average Bonchev–Trinajstić information content (AvgIpc) is 2.34. The Labute approximate surface area is 101 Å². The Morgan fingerprint density at radius 3 is 2.29 bits per heavy atom. The van der Waals surface area contributed by atoms with Gasteiger partial charge in [-0.15, -0.1) is 0 Å². The highest BCUT2D eigenvalue weighted by Crippen LogP contribution is 2.14. The number of carboxylic acids is 1. The topological polar surface area (TPSA) is 54.4 Å². The highest BCUT2D eigenvalue weighted by molar-refractivity contribution is 6.05. The molecule has 0 radical (unpaired) electrons. The number of ketones is 1. The largest absolute Gasteiger partial charge is 0.478 e. The SMILES string of the molecule is CCCCCCC(=O)c1ccccc1C(=O)O. The zero-order chi connectivity index (χ0) is 12.7. The fraction of sp³-hybridized carbons (Fsp3) is 0.429. The molecule has 0 aliphatic rings. The van der Waals surface area contributed by atoms with Gasteiger partial charge in [-0.3, -0.25) is 4.79 Å². The van der Waals surface area contributed by atoms with Gasteiger partial charge in [0.15, 0.2) is 5.78 Å². The molecule has 0 saturated carbocycles. The molecule has 1 rings (SSSR count). The summed E-state index contributed by atoms with van der Waals surface area (Å²) >= 11 is 0. The molecule has 1 aromatic rings. The zero-order valence-corrected chi connectivity index (χ0v) is 10.1. The maximum atomic E-state index is 11.9. The number of aromatic carboxylic acids is 1. The lowest BCUT2D eigenvalue weighted by atomic mass is 9.99. The molecule has 17 heavy (non-hydrogen) atoms. The molecule has 3 nitrogen and oxygen atoms in total. The summed E-state index contributed by atoms with van der Waals surface area (Å²) in [5, 5.41) is 8.97. The number of carbonyl (C=O) groups is 2. The van der Waals surface area contributed by atoms with Crippen LogP contribution in [0.5, 0.6) is 0 Å². The van der Waals surface area contributed by atoms with Crippen molar-refractivity contribution >= 4 is 11.8 Å². The maximum absolute atomic E-state index is 11.9. The minimum atomic E-state index is -1.04. The van der Waals surface area contributed by atoms with E-state index in [-0.39, 0.29) is 11.3 Å². The summed E-state index contributed by atoms with van der Waals surface area (Å²) in [6, 6.07) is 6.40. The predicted octanol–water partition coefficient (Wildman–Crippen LogP) is 3.54. The van der Waals surface area contributed by atoms with E-state index in [1.165, 1.54) is 6.07 Å². The molecule has 0 atom stereocenters. The quantitative estimate of drug-likeness (QED) is 0.580. The molecule has 0 heterocycles. The van der Waals surface area contributed by atoms with Crippen LogP contribution in [0.4, 0.5) is 0 Å². The first kappa shape index (κ1) is 13.4. The minimum absolute atomic E-state index is 0.0703. The smallest absolute Gasteiger partial charge is 0.336 e. The third kappa shape index (κ3) is 4.02. The molecule has 0 aliphatic heterocycles. The predicted molar refractivity (Wildman–Crippen MR) is 66.5 cm³/mol.